The molecule has 0 atom stereocenters. The fourth-order valence-corrected chi connectivity index (χ4v) is 5.00. The Labute approximate surface area is 171 Å². The molecule has 0 bridgehead atoms. The quantitative estimate of drug-likeness (QED) is 0.212. The monoisotopic (exact) mass is 446 g/mol. The molecule has 10 heteroatoms. The van der Waals surface area contributed by atoms with Crippen molar-refractivity contribution >= 4 is 41.8 Å². The number of hydrogen-bond donors (Lipinski definition) is 4. The van der Waals surface area contributed by atoms with Crippen LogP contribution in [0.15, 0.2) is 70.5 Å². The molecular formula is C20H14O8S2. The highest BCUT2D eigenvalue weighted by Crippen LogP contribution is 2.46. The summed E-state index contributed by atoms with van der Waals surface area (Å²) < 4.78 is 66.0. The van der Waals surface area contributed by atoms with E-state index in [9.17, 15) is 36.2 Å². The van der Waals surface area contributed by atoms with Gasteiger partial charge in [-0.3, -0.25) is 9.11 Å². The molecule has 4 rings (SSSR count). The van der Waals surface area contributed by atoms with Gasteiger partial charge in [0.15, 0.2) is 5.75 Å². The van der Waals surface area contributed by atoms with Gasteiger partial charge in [-0.15, -0.1) is 0 Å². The fraction of sp³-hybridized carbons (Fsp3) is 0. The molecular weight excluding hydrogens is 432 g/mol. The lowest BCUT2D eigenvalue weighted by Crippen LogP contribution is -2.07. The number of aromatic hydroxyl groups is 2. The summed E-state index contributed by atoms with van der Waals surface area (Å²) in [5.74, 6) is -2.26. The molecule has 0 heterocycles. The minimum absolute atomic E-state index is 0.126. The van der Waals surface area contributed by atoms with E-state index in [4.69, 9.17) is 0 Å². The molecule has 0 aromatic heterocycles. The lowest BCUT2D eigenvalue weighted by molar-refractivity contribution is 0.414. The normalized spacial score (nSPS) is 12.5. The largest absolute Gasteiger partial charge is 0.507 e. The Morgan fingerprint density at radius 2 is 1.27 bits per heavy atom. The van der Waals surface area contributed by atoms with Crippen molar-refractivity contribution in [3.8, 4) is 22.6 Å². The van der Waals surface area contributed by atoms with Gasteiger partial charge >= 0.3 is 0 Å². The Kier molecular flexibility index (Phi) is 4.47. The summed E-state index contributed by atoms with van der Waals surface area (Å²) in [5.41, 5.74) is -0.371. The molecule has 0 aliphatic rings. The molecule has 0 saturated carbocycles. The van der Waals surface area contributed by atoms with Crippen molar-refractivity contribution in [1.82, 2.24) is 0 Å². The minimum Gasteiger partial charge on any atom is -0.507 e. The van der Waals surface area contributed by atoms with Gasteiger partial charge in [-0.2, -0.15) is 16.8 Å². The maximum Gasteiger partial charge on any atom is 0.299 e. The van der Waals surface area contributed by atoms with Crippen molar-refractivity contribution in [2.24, 2.45) is 0 Å². The highest BCUT2D eigenvalue weighted by atomic mass is 32.2. The Balaban J connectivity index is 2.20. The summed E-state index contributed by atoms with van der Waals surface area (Å²) in [6.07, 6.45) is 0. The van der Waals surface area contributed by atoms with Crippen molar-refractivity contribution in [1.29, 1.82) is 0 Å². The average molecular weight is 446 g/mol. The van der Waals surface area contributed by atoms with Crippen LogP contribution in [0.5, 0.6) is 11.5 Å². The highest BCUT2D eigenvalue weighted by Gasteiger charge is 2.32. The molecule has 0 saturated heterocycles. The van der Waals surface area contributed by atoms with Crippen LogP contribution in [0.3, 0.4) is 0 Å². The van der Waals surface area contributed by atoms with Gasteiger partial charge in [0.05, 0.1) is 0 Å². The van der Waals surface area contributed by atoms with Gasteiger partial charge in [-0.05, 0) is 39.2 Å². The maximum atomic E-state index is 12.0. The van der Waals surface area contributed by atoms with Crippen LogP contribution in [0, 0.1) is 0 Å². The highest BCUT2D eigenvalue weighted by molar-refractivity contribution is 7.87. The molecule has 4 aromatic rings. The first-order valence-corrected chi connectivity index (χ1v) is 11.3. The summed E-state index contributed by atoms with van der Waals surface area (Å²) in [6, 6.07) is 16.3. The molecule has 0 unspecified atom stereocenters. The first-order valence-electron chi connectivity index (χ1n) is 8.44. The molecule has 0 spiro atoms. The van der Waals surface area contributed by atoms with E-state index in [0.29, 0.717) is 16.8 Å². The summed E-state index contributed by atoms with van der Waals surface area (Å²) in [7, 11) is -10.3. The number of benzene rings is 4. The Morgan fingerprint density at radius 1 is 0.667 bits per heavy atom. The van der Waals surface area contributed by atoms with Crippen molar-refractivity contribution < 1.29 is 36.2 Å². The summed E-state index contributed by atoms with van der Waals surface area (Å²) in [4.78, 5) is -2.47. The molecule has 0 amide bonds. The predicted molar refractivity (Wildman–Crippen MR) is 110 cm³/mol. The Hall–Kier alpha value is -3.18. The van der Waals surface area contributed by atoms with Crippen LogP contribution in [0.4, 0.5) is 0 Å². The summed E-state index contributed by atoms with van der Waals surface area (Å²) >= 11 is 0. The maximum absolute atomic E-state index is 12.0. The lowest BCUT2D eigenvalue weighted by atomic mass is 9.95. The number of hydrogen-bond acceptors (Lipinski definition) is 6. The summed E-state index contributed by atoms with van der Waals surface area (Å²) in [5, 5.41) is 23.6. The second-order valence-corrected chi connectivity index (χ2v) is 9.37. The van der Waals surface area contributed by atoms with Crippen molar-refractivity contribution in [2.75, 3.05) is 0 Å². The molecule has 8 nitrogen and oxygen atoms in total. The third-order valence-corrected chi connectivity index (χ3v) is 6.53. The smallest absolute Gasteiger partial charge is 0.299 e. The van der Waals surface area contributed by atoms with Gasteiger partial charge < -0.3 is 10.2 Å². The standard InChI is InChI=1S/C20H14O8S2/c21-16-10-17(29(23,24)25)19(22)20(30(26,27)28)18(16)14-7-3-6-13-8-11-4-1-2-5-12(11)9-15(13)14/h1-10,21-22H,(H,23,24,25)(H,26,27,28). The van der Waals surface area contributed by atoms with E-state index in [1.54, 1.807) is 18.2 Å². The Bertz CT molecular complexity index is 1560. The van der Waals surface area contributed by atoms with Gasteiger partial charge in [0.25, 0.3) is 20.2 Å². The van der Waals surface area contributed by atoms with Crippen LogP contribution in [0.25, 0.3) is 32.7 Å². The number of phenols is 2. The molecule has 0 aliphatic heterocycles. The zero-order valence-corrected chi connectivity index (χ0v) is 16.6. The van der Waals surface area contributed by atoms with Crippen LogP contribution < -0.4 is 0 Å². The first kappa shape index (κ1) is 20.1. The average Bonchev–Trinajstić information content (AvgIpc) is 2.65. The van der Waals surface area contributed by atoms with E-state index < -0.39 is 47.1 Å². The van der Waals surface area contributed by atoms with E-state index in [2.05, 4.69) is 0 Å². The number of fused-ring (bicyclic) bond motifs is 2. The fourth-order valence-electron chi connectivity index (χ4n) is 3.50. The third-order valence-electron chi connectivity index (χ3n) is 4.75. The number of rotatable bonds is 3. The van der Waals surface area contributed by atoms with Gasteiger partial charge in [-0.25, -0.2) is 0 Å². The van der Waals surface area contributed by atoms with Crippen LogP contribution in [0.1, 0.15) is 0 Å². The SMILES string of the molecule is O=S(=O)(O)c1cc(O)c(-c2cccc3cc4ccccc4cc23)c(S(=O)(=O)O)c1O. The topological polar surface area (TPSA) is 149 Å². The molecule has 4 aromatic carbocycles. The molecule has 0 aliphatic carbocycles. The Morgan fingerprint density at radius 3 is 1.87 bits per heavy atom. The second-order valence-electron chi connectivity index (χ2n) is 6.62. The van der Waals surface area contributed by atoms with Gasteiger partial charge in [-0.1, -0.05) is 42.5 Å². The van der Waals surface area contributed by atoms with Gasteiger partial charge in [0, 0.05) is 11.6 Å². The van der Waals surface area contributed by atoms with Crippen molar-refractivity contribution in [3.63, 3.8) is 0 Å². The van der Waals surface area contributed by atoms with Crippen LogP contribution in [-0.2, 0) is 20.2 Å². The molecule has 0 fully saturated rings. The van der Waals surface area contributed by atoms with E-state index in [1.165, 1.54) is 6.07 Å². The number of phenolic OH excluding ortho intramolecular Hbond substituents is 2. The van der Waals surface area contributed by atoms with Crippen LogP contribution in [-0.4, -0.2) is 36.2 Å². The van der Waals surface area contributed by atoms with E-state index >= 15 is 0 Å². The molecule has 0 radical (unpaired) electrons. The minimum atomic E-state index is -5.21. The first-order chi connectivity index (χ1) is 14.0. The van der Waals surface area contributed by atoms with Gasteiger partial charge in [0.2, 0.25) is 0 Å². The van der Waals surface area contributed by atoms with Gasteiger partial charge in [0.1, 0.15) is 15.5 Å². The second kappa shape index (κ2) is 6.67. The molecule has 4 N–H and O–H groups in total. The van der Waals surface area contributed by atoms with Crippen LogP contribution in [0.2, 0.25) is 0 Å². The van der Waals surface area contributed by atoms with E-state index in [-0.39, 0.29) is 5.56 Å². The van der Waals surface area contributed by atoms with E-state index in [0.717, 1.165) is 10.8 Å². The zero-order valence-electron chi connectivity index (χ0n) is 15.0. The molecule has 154 valence electrons. The van der Waals surface area contributed by atoms with Crippen molar-refractivity contribution in [2.45, 2.75) is 9.79 Å². The predicted octanol–water partition coefficient (Wildman–Crippen LogP) is 3.56. The summed E-state index contributed by atoms with van der Waals surface area (Å²) in [6.45, 7) is 0. The lowest BCUT2D eigenvalue weighted by Gasteiger charge is -2.16. The van der Waals surface area contributed by atoms with Crippen molar-refractivity contribution in [3.05, 3.63) is 60.7 Å². The zero-order chi connectivity index (χ0) is 21.8. The van der Waals surface area contributed by atoms with E-state index in [1.807, 2.05) is 30.3 Å². The third kappa shape index (κ3) is 3.25. The van der Waals surface area contributed by atoms with Crippen LogP contribution >= 0.6 is 0 Å². The molecule has 30 heavy (non-hydrogen) atoms.